The van der Waals surface area contributed by atoms with Crippen LogP contribution in [0.2, 0.25) is 0 Å². The van der Waals surface area contributed by atoms with Crippen molar-refractivity contribution < 1.29 is 0 Å². The van der Waals surface area contributed by atoms with E-state index in [9.17, 15) is 0 Å². The minimum absolute atomic E-state index is 0.859. The Morgan fingerprint density at radius 2 is 1.85 bits per heavy atom. The first-order valence-electron chi connectivity index (χ1n) is 4.23. The number of aryl methyl sites for hydroxylation is 1. The molecule has 13 heavy (non-hydrogen) atoms. The predicted octanol–water partition coefficient (Wildman–Crippen LogP) is 3.55. The van der Waals surface area contributed by atoms with Crippen molar-refractivity contribution in [2.75, 3.05) is 0 Å². The van der Waals surface area contributed by atoms with Crippen LogP contribution < -0.4 is 0 Å². The van der Waals surface area contributed by atoms with Gasteiger partial charge in [-0.25, -0.2) is 0 Å². The van der Waals surface area contributed by atoms with E-state index < -0.39 is 0 Å². The average molecular weight is 178 g/mol. The van der Waals surface area contributed by atoms with E-state index in [0.29, 0.717) is 0 Å². The second-order valence-corrected chi connectivity index (χ2v) is 1.77. The Hall–Kier alpha value is -1.44. The number of nitrogens with zero attached hydrogens (tertiary/aromatic N) is 2. The van der Waals surface area contributed by atoms with Crippen LogP contribution in [-0.4, -0.2) is 11.7 Å². The summed E-state index contributed by atoms with van der Waals surface area (Å²) >= 11 is 0. The van der Waals surface area contributed by atoms with Gasteiger partial charge in [0.1, 0.15) is 0 Å². The SMILES string of the molecule is C=C.C=Nc1cccnc1C.CC. The molecule has 72 valence electrons. The highest BCUT2D eigenvalue weighted by Crippen LogP contribution is 2.12. The highest BCUT2D eigenvalue weighted by atomic mass is 14.8. The van der Waals surface area contributed by atoms with Crippen LogP contribution >= 0.6 is 0 Å². The van der Waals surface area contributed by atoms with Crippen molar-refractivity contribution in [3.63, 3.8) is 0 Å². The molecule has 0 atom stereocenters. The summed E-state index contributed by atoms with van der Waals surface area (Å²) in [5.41, 5.74) is 1.78. The summed E-state index contributed by atoms with van der Waals surface area (Å²) in [5, 5.41) is 0. The largest absolute Gasteiger partial charge is 0.263 e. The predicted molar refractivity (Wildman–Crippen MR) is 60.8 cm³/mol. The fourth-order valence-corrected chi connectivity index (χ4v) is 0.643. The molecule has 0 fully saturated rings. The molecule has 0 N–H and O–H groups in total. The van der Waals surface area contributed by atoms with Gasteiger partial charge in [0.15, 0.2) is 0 Å². The summed E-state index contributed by atoms with van der Waals surface area (Å²) in [7, 11) is 0. The van der Waals surface area contributed by atoms with Crippen LogP contribution in [0.5, 0.6) is 0 Å². The van der Waals surface area contributed by atoms with Gasteiger partial charge in [0.25, 0.3) is 0 Å². The zero-order valence-corrected chi connectivity index (χ0v) is 8.75. The molecule has 0 aliphatic heterocycles. The van der Waals surface area contributed by atoms with Gasteiger partial charge in [-0.3, -0.25) is 9.98 Å². The van der Waals surface area contributed by atoms with Gasteiger partial charge in [0.2, 0.25) is 0 Å². The van der Waals surface area contributed by atoms with Crippen LogP contribution in [0.15, 0.2) is 36.5 Å². The quantitative estimate of drug-likeness (QED) is 0.477. The van der Waals surface area contributed by atoms with E-state index >= 15 is 0 Å². The van der Waals surface area contributed by atoms with E-state index in [1.54, 1.807) is 6.20 Å². The van der Waals surface area contributed by atoms with Gasteiger partial charge in [0.05, 0.1) is 11.4 Å². The summed E-state index contributed by atoms with van der Waals surface area (Å²) in [6.07, 6.45) is 1.74. The van der Waals surface area contributed by atoms with E-state index in [1.165, 1.54) is 0 Å². The normalized spacial score (nSPS) is 7.00. The summed E-state index contributed by atoms with van der Waals surface area (Å²) in [6, 6.07) is 3.73. The van der Waals surface area contributed by atoms with Crippen molar-refractivity contribution in [3.8, 4) is 0 Å². The highest BCUT2D eigenvalue weighted by molar-refractivity contribution is 5.47. The standard InChI is InChI=1S/C7H8N2.C2H6.C2H4/c1-6-7(8-2)4-3-5-9-6;2*1-2/h3-5H,2H2,1H3;1-2H3;1-2H2. The van der Waals surface area contributed by atoms with Gasteiger partial charge in [-0.1, -0.05) is 13.8 Å². The lowest BCUT2D eigenvalue weighted by atomic mass is 10.3. The van der Waals surface area contributed by atoms with Crippen LogP contribution in [-0.2, 0) is 0 Å². The first-order chi connectivity index (χ1) is 6.34. The molecule has 0 aliphatic rings. The Bertz CT molecular complexity index is 231. The minimum Gasteiger partial charge on any atom is -0.263 e. The number of aromatic nitrogens is 1. The third-order valence-corrected chi connectivity index (χ3v) is 1.15. The fraction of sp³-hybridized carbons (Fsp3) is 0.273. The molecule has 0 saturated heterocycles. The molecule has 0 bridgehead atoms. The van der Waals surface area contributed by atoms with Gasteiger partial charge in [-0.15, -0.1) is 13.2 Å². The molecule has 0 radical (unpaired) electrons. The number of pyridine rings is 1. The van der Waals surface area contributed by atoms with Gasteiger partial charge >= 0.3 is 0 Å². The van der Waals surface area contributed by atoms with E-state index in [4.69, 9.17) is 0 Å². The summed E-state index contributed by atoms with van der Waals surface area (Å²) < 4.78 is 0. The van der Waals surface area contributed by atoms with Crippen molar-refractivity contribution in [1.29, 1.82) is 0 Å². The zero-order chi connectivity index (χ0) is 10.7. The molecule has 2 heteroatoms. The maximum absolute atomic E-state index is 4.02. The molecular weight excluding hydrogens is 160 g/mol. The van der Waals surface area contributed by atoms with E-state index in [2.05, 4.69) is 29.9 Å². The first kappa shape index (κ1) is 14.1. The molecule has 0 spiro atoms. The fourth-order valence-electron chi connectivity index (χ4n) is 0.643. The number of hydrogen-bond acceptors (Lipinski definition) is 2. The Morgan fingerprint density at radius 3 is 2.15 bits per heavy atom. The summed E-state index contributed by atoms with van der Waals surface area (Å²) in [4.78, 5) is 7.77. The smallest absolute Gasteiger partial charge is 0.0834 e. The van der Waals surface area contributed by atoms with Gasteiger partial charge in [-0.05, 0) is 25.8 Å². The molecule has 0 saturated carbocycles. The maximum Gasteiger partial charge on any atom is 0.0834 e. The van der Waals surface area contributed by atoms with Crippen LogP contribution in [0.25, 0.3) is 0 Å². The lowest BCUT2D eigenvalue weighted by molar-refractivity contribution is 1.19. The Kier molecular flexibility index (Phi) is 11.5. The average Bonchev–Trinajstić information content (AvgIpc) is 2.24. The van der Waals surface area contributed by atoms with Crippen LogP contribution in [0.4, 0.5) is 5.69 Å². The lowest BCUT2D eigenvalue weighted by Gasteiger charge is -1.93. The molecule has 0 aromatic carbocycles. The van der Waals surface area contributed by atoms with Crippen LogP contribution in [0.1, 0.15) is 19.5 Å². The number of rotatable bonds is 1. The van der Waals surface area contributed by atoms with Crippen molar-refractivity contribution in [2.45, 2.75) is 20.8 Å². The Labute approximate surface area is 81.1 Å². The molecule has 0 unspecified atom stereocenters. The lowest BCUT2D eigenvalue weighted by Crippen LogP contribution is -1.77. The van der Waals surface area contributed by atoms with Crippen molar-refractivity contribution >= 4 is 12.4 Å². The Balaban J connectivity index is 0. The molecule has 0 amide bonds. The van der Waals surface area contributed by atoms with Gasteiger partial charge < -0.3 is 0 Å². The molecule has 2 nitrogen and oxygen atoms in total. The minimum atomic E-state index is 0.859. The highest BCUT2D eigenvalue weighted by Gasteiger charge is 1.89. The molecule has 1 aromatic rings. The first-order valence-corrected chi connectivity index (χ1v) is 4.23. The van der Waals surface area contributed by atoms with E-state index in [-0.39, 0.29) is 0 Å². The van der Waals surface area contributed by atoms with Crippen molar-refractivity contribution in [3.05, 3.63) is 37.2 Å². The molecular formula is C11H18N2. The molecule has 1 rings (SSSR count). The third kappa shape index (κ3) is 5.79. The summed E-state index contributed by atoms with van der Waals surface area (Å²) in [5.74, 6) is 0. The van der Waals surface area contributed by atoms with Crippen LogP contribution in [0, 0.1) is 6.92 Å². The maximum atomic E-state index is 4.02. The molecule has 1 heterocycles. The topological polar surface area (TPSA) is 25.2 Å². The van der Waals surface area contributed by atoms with E-state index in [0.717, 1.165) is 11.4 Å². The second kappa shape index (κ2) is 10.6. The number of hydrogen-bond donors (Lipinski definition) is 0. The zero-order valence-electron chi connectivity index (χ0n) is 8.75. The summed E-state index contributed by atoms with van der Waals surface area (Å²) in [6.45, 7) is 15.3. The van der Waals surface area contributed by atoms with Crippen LogP contribution in [0.3, 0.4) is 0 Å². The molecule has 1 aromatic heterocycles. The van der Waals surface area contributed by atoms with E-state index in [1.807, 2.05) is 32.9 Å². The van der Waals surface area contributed by atoms with Crippen molar-refractivity contribution in [1.82, 2.24) is 4.98 Å². The Morgan fingerprint density at radius 1 is 1.31 bits per heavy atom. The van der Waals surface area contributed by atoms with Crippen molar-refractivity contribution in [2.24, 2.45) is 4.99 Å². The van der Waals surface area contributed by atoms with Gasteiger partial charge in [0, 0.05) is 6.20 Å². The number of aliphatic imine (C=N–C) groups is 1. The third-order valence-electron chi connectivity index (χ3n) is 1.15. The molecule has 0 aliphatic carbocycles. The van der Waals surface area contributed by atoms with Gasteiger partial charge in [-0.2, -0.15) is 0 Å². The second-order valence-electron chi connectivity index (χ2n) is 1.77. The monoisotopic (exact) mass is 178 g/mol.